The molecule has 0 saturated carbocycles. The summed E-state index contributed by atoms with van der Waals surface area (Å²) in [5.41, 5.74) is 6.44. The van der Waals surface area contributed by atoms with Crippen molar-refractivity contribution in [2.45, 2.75) is 0 Å². The molecule has 0 radical (unpaired) electrons. The second-order valence-electron chi connectivity index (χ2n) is 4.08. The van der Waals surface area contributed by atoms with Gasteiger partial charge in [0.25, 0.3) is 5.78 Å². The summed E-state index contributed by atoms with van der Waals surface area (Å²) in [6.45, 7) is 0. The van der Waals surface area contributed by atoms with E-state index in [0.29, 0.717) is 0 Å². The van der Waals surface area contributed by atoms with Gasteiger partial charge in [-0.3, -0.25) is 0 Å². The standard InChI is InChI=1S/C13H8N8/c14-6-9-10(7-15)21-13(18-11(9)16)19-12(20-21)17-8-4-2-1-3-5-8/h1-5H,(H3,16,17,18,19,20). The van der Waals surface area contributed by atoms with Gasteiger partial charge < -0.3 is 11.1 Å². The molecule has 0 spiro atoms. The van der Waals surface area contributed by atoms with Gasteiger partial charge in [0.2, 0.25) is 5.95 Å². The summed E-state index contributed by atoms with van der Waals surface area (Å²) < 4.78 is 1.19. The first-order valence-electron chi connectivity index (χ1n) is 5.91. The number of rotatable bonds is 2. The third-order valence-electron chi connectivity index (χ3n) is 2.76. The minimum absolute atomic E-state index is 0.00797. The van der Waals surface area contributed by atoms with E-state index in [9.17, 15) is 5.26 Å². The van der Waals surface area contributed by atoms with Crippen molar-refractivity contribution in [2.75, 3.05) is 11.1 Å². The van der Waals surface area contributed by atoms with Gasteiger partial charge in [-0.2, -0.15) is 25.0 Å². The van der Waals surface area contributed by atoms with Gasteiger partial charge in [-0.1, -0.05) is 18.2 Å². The number of benzene rings is 1. The second kappa shape index (κ2) is 4.79. The van der Waals surface area contributed by atoms with Crippen molar-refractivity contribution in [3.63, 3.8) is 0 Å². The number of para-hydroxylation sites is 1. The van der Waals surface area contributed by atoms with Crippen molar-refractivity contribution in [3.8, 4) is 12.1 Å². The van der Waals surface area contributed by atoms with Gasteiger partial charge in [-0.25, -0.2) is 0 Å². The van der Waals surface area contributed by atoms with Crippen LogP contribution in [0.2, 0.25) is 0 Å². The topological polar surface area (TPSA) is 129 Å². The maximum atomic E-state index is 9.18. The molecule has 3 rings (SSSR count). The van der Waals surface area contributed by atoms with Crippen molar-refractivity contribution in [1.82, 2.24) is 19.6 Å². The molecule has 8 nitrogen and oxygen atoms in total. The van der Waals surface area contributed by atoms with Gasteiger partial charge in [0.05, 0.1) is 0 Å². The van der Waals surface area contributed by atoms with Gasteiger partial charge in [0.15, 0.2) is 5.69 Å². The number of nitrogens with two attached hydrogens (primary N) is 1. The van der Waals surface area contributed by atoms with Crippen LogP contribution < -0.4 is 11.1 Å². The summed E-state index contributed by atoms with van der Waals surface area (Å²) >= 11 is 0. The summed E-state index contributed by atoms with van der Waals surface area (Å²) in [5.74, 6) is 0.376. The molecule has 1 aromatic carbocycles. The predicted molar refractivity (Wildman–Crippen MR) is 74.3 cm³/mol. The number of fused-ring (bicyclic) bond motifs is 1. The maximum absolute atomic E-state index is 9.18. The zero-order valence-corrected chi connectivity index (χ0v) is 10.6. The molecule has 0 aliphatic rings. The first kappa shape index (κ1) is 12.4. The van der Waals surface area contributed by atoms with E-state index in [1.807, 2.05) is 42.5 Å². The predicted octanol–water partition coefficient (Wildman–Crippen LogP) is 1.19. The van der Waals surface area contributed by atoms with Crippen LogP contribution in [0.1, 0.15) is 11.3 Å². The Labute approximate surface area is 119 Å². The Morgan fingerprint density at radius 2 is 1.86 bits per heavy atom. The van der Waals surface area contributed by atoms with Crippen LogP contribution in [0.15, 0.2) is 30.3 Å². The van der Waals surface area contributed by atoms with E-state index in [-0.39, 0.29) is 28.8 Å². The fourth-order valence-electron chi connectivity index (χ4n) is 1.83. The molecule has 0 aliphatic heterocycles. The molecule has 2 aromatic heterocycles. The molecule has 0 aliphatic carbocycles. The molecule has 0 unspecified atom stereocenters. The van der Waals surface area contributed by atoms with Crippen LogP contribution in [-0.4, -0.2) is 19.6 Å². The van der Waals surface area contributed by atoms with E-state index in [0.717, 1.165) is 5.69 Å². The Bertz CT molecular complexity index is 898. The lowest BCUT2D eigenvalue weighted by Gasteiger charge is -2.00. The van der Waals surface area contributed by atoms with Gasteiger partial charge in [-0.05, 0) is 12.1 Å². The van der Waals surface area contributed by atoms with Gasteiger partial charge >= 0.3 is 0 Å². The van der Waals surface area contributed by atoms with E-state index >= 15 is 0 Å². The molecule has 3 aromatic rings. The second-order valence-corrected chi connectivity index (χ2v) is 4.08. The Balaban J connectivity index is 2.13. The molecular formula is C13H8N8. The summed E-state index contributed by atoms with van der Waals surface area (Å²) in [4.78, 5) is 8.11. The average molecular weight is 276 g/mol. The van der Waals surface area contributed by atoms with Crippen LogP contribution in [-0.2, 0) is 0 Å². The maximum Gasteiger partial charge on any atom is 0.257 e. The van der Waals surface area contributed by atoms with Crippen LogP contribution in [0.5, 0.6) is 0 Å². The van der Waals surface area contributed by atoms with Crippen LogP contribution in [0.25, 0.3) is 5.78 Å². The van der Waals surface area contributed by atoms with Crippen LogP contribution in [0, 0.1) is 22.7 Å². The van der Waals surface area contributed by atoms with Gasteiger partial charge in [-0.15, -0.1) is 5.10 Å². The van der Waals surface area contributed by atoms with Gasteiger partial charge in [0.1, 0.15) is 23.5 Å². The number of nitrogens with one attached hydrogen (secondary N) is 1. The van der Waals surface area contributed by atoms with Crippen LogP contribution in [0.4, 0.5) is 17.5 Å². The molecule has 2 heterocycles. The molecule has 0 bridgehead atoms. The third-order valence-corrected chi connectivity index (χ3v) is 2.76. The molecule has 0 saturated heterocycles. The molecular weight excluding hydrogens is 268 g/mol. The number of hydrogen-bond acceptors (Lipinski definition) is 7. The zero-order chi connectivity index (χ0) is 14.8. The van der Waals surface area contributed by atoms with Crippen molar-refractivity contribution in [3.05, 3.63) is 41.6 Å². The summed E-state index contributed by atoms with van der Waals surface area (Å²) in [7, 11) is 0. The highest BCUT2D eigenvalue weighted by Crippen LogP contribution is 2.18. The highest BCUT2D eigenvalue weighted by atomic mass is 15.4. The fraction of sp³-hybridized carbons (Fsp3) is 0. The number of nitrogens with zero attached hydrogens (tertiary/aromatic N) is 6. The first-order valence-corrected chi connectivity index (χ1v) is 5.91. The van der Waals surface area contributed by atoms with E-state index in [1.54, 1.807) is 0 Å². The number of aromatic nitrogens is 4. The lowest BCUT2D eigenvalue weighted by Crippen LogP contribution is -2.06. The van der Waals surface area contributed by atoms with E-state index in [1.165, 1.54) is 4.52 Å². The van der Waals surface area contributed by atoms with Crippen LogP contribution in [0.3, 0.4) is 0 Å². The summed E-state index contributed by atoms with van der Waals surface area (Å²) in [6, 6.07) is 13.1. The SMILES string of the molecule is N#Cc1c(N)nc2nc(Nc3ccccc3)nn2c1C#N. The van der Waals surface area contributed by atoms with Crippen molar-refractivity contribution in [2.24, 2.45) is 0 Å². The molecule has 21 heavy (non-hydrogen) atoms. The Kier molecular flexibility index (Phi) is 2.83. The Hall–Kier alpha value is -3.65. The lowest BCUT2D eigenvalue weighted by atomic mass is 10.2. The molecule has 8 heteroatoms. The number of nitriles is 2. The third kappa shape index (κ3) is 2.07. The van der Waals surface area contributed by atoms with Gasteiger partial charge in [0, 0.05) is 5.69 Å². The largest absolute Gasteiger partial charge is 0.382 e. The van der Waals surface area contributed by atoms with Crippen molar-refractivity contribution < 1.29 is 0 Å². The molecule has 0 fully saturated rings. The summed E-state index contributed by atoms with van der Waals surface area (Å²) in [6.07, 6.45) is 0. The number of hydrogen-bond donors (Lipinski definition) is 2. The van der Waals surface area contributed by atoms with Crippen LogP contribution >= 0.6 is 0 Å². The first-order chi connectivity index (χ1) is 10.2. The molecule has 0 atom stereocenters. The fourth-order valence-corrected chi connectivity index (χ4v) is 1.83. The van der Waals surface area contributed by atoms with Crippen molar-refractivity contribution >= 4 is 23.2 Å². The number of nitrogen functional groups attached to an aromatic ring is 1. The average Bonchev–Trinajstić information content (AvgIpc) is 2.88. The molecule has 100 valence electrons. The minimum atomic E-state index is -0.0415. The number of anilines is 3. The quantitative estimate of drug-likeness (QED) is 0.719. The smallest absolute Gasteiger partial charge is 0.257 e. The molecule has 3 N–H and O–H groups in total. The normalized spacial score (nSPS) is 10.0. The highest BCUT2D eigenvalue weighted by Gasteiger charge is 2.16. The van der Waals surface area contributed by atoms with E-state index < -0.39 is 0 Å². The van der Waals surface area contributed by atoms with E-state index in [2.05, 4.69) is 20.4 Å². The Morgan fingerprint density at radius 1 is 1.10 bits per heavy atom. The lowest BCUT2D eigenvalue weighted by molar-refractivity contribution is 0.920. The Morgan fingerprint density at radius 3 is 2.52 bits per heavy atom. The minimum Gasteiger partial charge on any atom is -0.382 e. The summed E-state index contributed by atoms with van der Waals surface area (Å²) in [5, 5.41) is 25.3. The zero-order valence-electron chi connectivity index (χ0n) is 10.6. The monoisotopic (exact) mass is 276 g/mol. The van der Waals surface area contributed by atoms with Crippen molar-refractivity contribution in [1.29, 1.82) is 10.5 Å². The highest BCUT2D eigenvalue weighted by molar-refractivity contribution is 5.61. The molecule has 0 amide bonds. The van der Waals surface area contributed by atoms with E-state index in [4.69, 9.17) is 11.0 Å².